The van der Waals surface area contributed by atoms with E-state index in [1.807, 2.05) is 45.2 Å². The number of halogens is 2. The average Bonchev–Trinajstić information content (AvgIpc) is 2.64. The second-order valence-electron chi connectivity index (χ2n) is 6.17. The lowest BCUT2D eigenvalue weighted by Crippen LogP contribution is -2.24. The van der Waals surface area contributed by atoms with Crippen molar-refractivity contribution in [2.24, 2.45) is 0 Å². The molecule has 2 unspecified atom stereocenters. The summed E-state index contributed by atoms with van der Waals surface area (Å²) < 4.78 is 0. The lowest BCUT2D eigenvalue weighted by molar-refractivity contribution is -0.114. The van der Waals surface area contributed by atoms with Gasteiger partial charge in [0, 0.05) is 24.6 Å². The Morgan fingerprint density at radius 2 is 1.73 bits per heavy atom. The van der Waals surface area contributed by atoms with E-state index in [9.17, 15) is 4.79 Å². The van der Waals surface area contributed by atoms with Gasteiger partial charge in [-0.3, -0.25) is 4.79 Å². The number of carbonyl (C=O) groups is 1. The van der Waals surface area contributed by atoms with Crippen molar-refractivity contribution in [1.29, 1.82) is 0 Å². The Morgan fingerprint density at radius 1 is 1.00 bits per heavy atom. The SMILES string of the molecule is CC.CNC1CCC(c2ccc(Cl)c(Cl)c2)c2ccc(NC(C)=O)cc21. The standard InChI is InChI=1S/C19H20Cl2N2O.C2H6/c1-11(24)23-13-4-5-15-14(6-8-19(22-2)16(15)10-13)12-3-7-17(20)18(21)9-12;1-2/h3-5,7,9-10,14,19,22H,6,8H2,1-2H3,(H,23,24);1-2H3. The first-order valence-electron chi connectivity index (χ1n) is 9.03. The highest BCUT2D eigenvalue weighted by Gasteiger charge is 2.28. The molecule has 5 heteroatoms. The molecule has 140 valence electrons. The number of hydrogen-bond acceptors (Lipinski definition) is 2. The monoisotopic (exact) mass is 392 g/mol. The Bertz CT molecular complexity index is 777. The van der Waals surface area contributed by atoms with Crippen LogP contribution in [0.1, 0.15) is 62.3 Å². The van der Waals surface area contributed by atoms with E-state index in [1.54, 1.807) is 0 Å². The molecule has 0 aromatic heterocycles. The molecule has 2 N–H and O–H groups in total. The minimum Gasteiger partial charge on any atom is -0.326 e. The van der Waals surface area contributed by atoms with Gasteiger partial charge >= 0.3 is 0 Å². The molecule has 0 bridgehead atoms. The molecule has 1 amide bonds. The number of carbonyl (C=O) groups excluding carboxylic acids is 1. The minimum atomic E-state index is -0.0622. The molecule has 3 rings (SSSR count). The van der Waals surface area contributed by atoms with E-state index in [1.165, 1.54) is 23.6 Å². The average molecular weight is 393 g/mol. The van der Waals surface area contributed by atoms with Gasteiger partial charge in [0.25, 0.3) is 0 Å². The van der Waals surface area contributed by atoms with Crippen LogP contribution in [0.15, 0.2) is 36.4 Å². The number of fused-ring (bicyclic) bond motifs is 1. The number of nitrogens with one attached hydrogen (secondary N) is 2. The molecule has 3 nitrogen and oxygen atoms in total. The molecule has 0 aliphatic heterocycles. The summed E-state index contributed by atoms with van der Waals surface area (Å²) in [6, 6.07) is 12.3. The molecule has 0 saturated carbocycles. The van der Waals surface area contributed by atoms with Gasteiger partial charge in [-0.1, -0.05) is 49.2 Å². The van der Waals surface area contributed by atoms with Crippen molar-refractivity contribution in [3.63, 3.8) is 0 Å². The van der Waals surface area contributed by atoms with E-state index in [2.05, 4.69) is 22.8 Å². The van der Waals surface area contributed by atoms with Gasteiger partial charge < -0.3 is 10.6 Å². The highest BCUT2D eigenvalue weighted by molar-refractivity contribution is 6.42. The van der Waals surface area contributed by atoms with Gasteiger partial charge in [-0.25, -0.2) is 0 Å². The van der Waals surface area contributed by atoms with Gasteiger partial charge in [0.2, 0.25) is 5.91 Å². The van der Waals surface area contributed by atoms with Gasteiger partial charge in [0.15, 0.2) is 0 Å². The Kier molecular flexibility index (Phi) is 7.51. The van der Waals surface area contributed by atoms with Gasteiger partial charge in [-0.2, -0.15) is 0 Å². The van der Waals surface area contributed by atoms with E-state index in [4.69, 9.17) is 23.2 Å². The number of benzene rings is 2. The van der Waals surface area contributed by atoms with Crippen LogP contribution in [0.3, 0.4) is 0 Å². The van der Waals surface area contributed by atoms with Crippen LogP contribution in [0.4, 0.5) is 5.69 Å². The molecule has 1 aliphatic rings. The molecule has 0 fully saturated rings. The van der Waals surface area contributed by atoms with Crippen molar-refractivity contribution in [2.75, 3.05) is 12.4 Å². The first-order valence-corrected chi connectivity index (χ1v) is 9.79. The molecule has 0 heterocycles. The zero-order valence-electron chi connectivity index (χ0n) is 15.7. The molecule has 2 aromatic rings. The first kappa shape index (κ1) is 20.8. The predicted octanol–water partition coefficient (Wildman–Crippen LogP) is 6.16. The van der Waals surface area contributed by atoms with Crippen molar-refractivity contribution in [3.8, 4) is 0 Å². The second kappa shape index (κ2) is 9.40. The molecule has 2 aromatic carbocycles. The van der Waals surface area contributed by atoms with Crippen molar-refractivity contribution in [2.45, 2.75) is 45.6 Å². The quantitative estimate of drug-likeness (QED) is 0.655. The van der Waals surface area contributed by atoms with Gasteiger partial charge in [-0.05, 0) is 60.8 Å². The predicted molar refractivity (Wildman–Crippen MR) is 111 cm³/mol. The highest BCUT2D eigenvalue weighted by Crippen LogP contribution is 2.43. The summed E-state index contributed by atoms with van der Waals surface area (Å²) in [4.78, 5) is 11.3. The van der Waals surface area contributed by atoms with E-state index in [0.29, 0.717) is 10.0 Å². The van der Waals surface area contributed by atoms with Crippen LogP contribution in [0.5, 0.6) is 0 Å². The highest BCUT2D eigenvalue weighted by atomic mass is 35.5. The van der Waals surface area contributed by atoms with Crippen molar-refractivity contribution in [1.82, 2.24) is 5.32 Å². The minimum absolute atomic E-state index is 0.0622. The molecule has 0 radical (unpaired) electrons. The van der Waals surface area contributed by atoms with Crippen molar-refractivity contribution >= 4 is 34.8 Å². The van der Waals surface area contributed by atoms with Gasteiger partial charge in [0.05, 0.1) is 10.0 Å². The van der Waals surface area contributed by atoms with E-state index in [0.717, 1.165) is 18.5 Å². The lowest BCUT2D eigenvalue weighted by Gasteiger charge is -2.32. The maximum atomic E-state index is 11.3. The molecule has 26 heavy (non-hydrogen) atoms. The smallest absolute Gasteiger partial charge is 0.221 e. The maximum Gasteiger partial charge on any atom is 0.221 e. The summed E-state index contributed by atoms with van der Waals surface area (Å²) in [6.07, 6.45) is 2.06. The fraction of sp³-hybridized carbons (Fsp3) is 0.381. The normalized spacial score (nSPS) is 18.4. The van der Waals surface area contributed by atoms with Crippen LogP contribution in [0.2, 0.25) is 10.0 Å². The zero-order chi connectivity index (χ0) is 19.3. The topological polar surface area (TPSA) is 41.1 Å². The van der Waals surface area contributed by atoms with Crippen molar-refractivity contribution in [3.05, 3.63) is 63.1 Å². The van der Waals surface area contributed by atoms with Crippen LogP contribution < -0.4 is 10.6 Å². The van der Waals surface area contributed by atoms with Crippen LogP contribution in [0, 0.1) is 0 Å². The molecule has 0 spiro atoms. The summed E-state index contributed by atoms with van der Waals surface area (Å²) in [5, 5.41) is 7.40. The van der Waals surface area contributed by atoms with Gasteiger partial charge in [-0.15, -0.1) is 0 Å². The molecular formula is C21H26Cl2N2O. The summed E-state index contributed by atoms with van der Waals surface area (Å²) in [7, 11) is 1.97. The molecule has 1 aliphatic carbocycles. The third kappa shape index (κ3) is 4.59. The maximum absolute atomic E-state index is 11.3. The Balaban J connectivity index is 0.00000117. The number of anilines is 1. The third-order valence-electron chi connectivity index (χ3n) is 4.60. The van der Waals surface area contributed by atoms with Gasteiger partial charge in [0.1, 0.15) is 0 Å². The van der Waals surface area contributed by atoms with Crippen LogP contribution in [0.25, 0.3) is 0 Å². The van der Waals surface area contributed by atoms with Crippen LogP contribution in [-0.2, 0) is 4.79 Å². The molecule has 2 atom stereocenters. The summed E-state index contributed by atoms with van der Waals surface area (Å²) >= 11 is 12.3. The Hall–Kier alpha value is -1.55. The Labute approximate surface area is 166 Å². The molecular weight excluding hydrogens is 367 g/mol. The van der Waals surface area contributed by atoms with E-state index < -0.39 is 0 Å². The summed E-state index contributed by atoms with van der Waals surface area (Å²) in [5.74, 6) is 0.221. The van der Waals surface area contributed by atoms with E-state index in [-0.39, 0.29) is 17.9 Å². The van der Waals surface area contributed by atoms with Crippen LogP contribution in [-0.4, -0.2) is 13.0 Å². The summed E-state index contributed by atoms with van der Waals surface area (Å²) in [5.41, 5.74) is 4.50. The molecule has 0 saturated heterocycles. The zero-order valence-corrected chi connectivity index (χ0v) is 17.2. The number of amides is 1. The van der Waals surface area contributed by atoms with Crippen molar-refractivity contribution < 1.29 is 4.79 Å². The third-order valence-corrected chi connectivity index (χ3v) is 5.34. The lowest BCUT2D eigenvalue weighted by atomic mass is 9.76. The number of rotatable bonds is 3. The fourth-order valence-electron chi connectivity index (χ4n) is 3.49. The number of hydrogen-bond donors (Lipinski definition) is 2. The Morgan fingerprint density at radius 3 is 2.35 bits per heavy atom. The van der Waals surface area contributed by atoms with E-state index >= 15 is 0 Å². The summed E-state index contributed by atoms with van der Waals surface area (Å²) in [6.45, 7) is 5.52. The fourth-order valence-corrected chi connectivity index (χ4v) is 3.80. The largest absolute Gasteiger partial charge is 0.326 e. The first-order chi connectivity index (χ1) is 12.5. The van der Waals surface area contributed by atoms with Crippen LogP contribution >= 0.6 is 23.2 Å². The second-order valence-corrected chi connectivity index (χ2v) is 6.98.